The van der Waals surface area contributed by atoms with E-state index in [0.29, 0.717) is 0 Å². The van der Waals surface area contributed by atoms with Crippen molar-refractivity contribution in [3.05, 3.63) is 41.7 Å². The molecular formula is C10H11N. The van der Waals surface area contributed by atoms with E-state index in [1.54, 1.807) is 0 Å². The molecule has 0 spiro atoms. The minimum atomic E-state index is 1.30. The van der Waals surface area contributed by atoms with Crippen LogP contribution in [0.3, 0.4) is 0 Å². The molecule has 0 fully saturated rings. The molecule has 2 aromatic rings. The van der Waals surface area contributed by atoms with Crippen molar-refractivity contribution < 1.29 is 0 Å². The van der Waals surface area contributed by atoms with Gasteiger partial charge in [-0.15, -0.1) is 0 Å². The SMILES string of the molecule is Cc1cccn2c(C)ccc12. The van der Waals surface area contributed by atoms with Crippen LogP contribution in [-0.2, 0) is 0 Å². The Hall–Kier alpha value is -1.24. The van der Waals surface area contributed by atoms with Crippen molar-refractivity contribution in [1.82, 2.24) is 4.40 Å². The molecule has 0 aliphatic carbocycles. The Balaban J connectivity index is 2.94. The van der Waals surface area contributed by atoms with Gasteiger partial charge in [0.25, 0.3) is 0 Å². The zero-order valence-electron chi connectivity index (χ0n) is 6.83. The number of nitrogens with zero attached hydrogens (tertiary/aromatic N) is 1. The average molecular weight is 145 g/mol. The minimum Gasteiger partial charge on any atom is -0.321 e. The van der Waals surface area contributed by atoms with Crippen LogP contribution in [0.4, 0.5) is 0 Å². The largest absolute Gasteiger partial charge is 0.321 e. The van der Waals surface area contributed by atoms with Crippen LogP contribution < -0.4 is 0 Å². The van der Waals surface area contributed by atoms with Gasteiger partial charge in [-0.1, -0.05) is 6.07 Å². The summed E-state index contributed by atoms with van der Waals surface area (Å²) in [5.41, 5.74) is 3.94. The number of aryl methyl sites for hydroxylation is 2. The van der Waals surface area contributed by atoms with Crippen molar-refractivity contribution in [3.8, 4) is 0 Å². The lowest BCUT2D eigenvalue weighted by Gasteiger charge is -1.99. The van der Waals surface area contributed by atoms with Crippen LogP contribution in [0, 0.1) is 13.8 Å². The number of fused-ring (bicyclic) bond motifs is 1. The lowest BCUT2D eigenvalue weighted by atomic mass is 10.2. The summed E-state index contributed by atoms with van der Waals surface area (Å²) >= 11 is 0. The molecule has 1 heteroatoms. The van der Waals surface area contributed by atoms with Gasteiger partial charge in [0.15, 0.2) is 0 Å². The van der Waals surface area contributed by atoms with Gasteiger partial charge in [0.1, 0.15) is 0 Å². The smallest absolute Gasteiger partial charge is 0.0481 e. The maximum absolute atomic E-state index is 2.20. The van der Waals surface area contributed by atoms with Crippen molar-refractivity contribution >= 4 is 5.52 Å². The van der Waals surface area contributed by atoms with E-state index in [9.17, 15) is 0 Å². The second-order valence-electron chi connectivity index (χ2n) is 2.92. The summed E-state index contributed by atoms with van der Waals surface area (Å²) in [6, 6.07) is 8.51. The predicted molar refractivity (Wildman–Crippen MR) is 46.9 cm³/mol. The first kappa shape index (κ1) is 6.47. The summed E-state index contributed by atoms with van der Waals surface area (Å²) in [7, 11) is 0. The third-order valence-electron chi connectivity index (χ3n) is 2.11. The van der Waals surface area contributed by atoms with Crippen LogP contribution in [0.15, 0.2) is 30.5 Å². The minimum absolute atomic E-state index is 1.30. The quantitative estimate of drug-likeness (QED) is 0.536. The van der Waals surface area contributed by atoms with Gasteiger partial charge in [-0.3, -0.25) is 0 Å². The van der Waals surface area contributed by atoms with E-state index in [2.05, 4.69) is 48.7 Å². The van der Waals surface area contributed by atoms with Gasteiger partial charge in [-0.2, -0.15) is 0 Å². The molecule has 0 aromatic carbocycles. The fourth-order valence-electron chi connectivity index (χ4n) is 1.43. The van der Waals surface area contributed by atoms with Crippen LogP contribution in [0.25, 0.3) is 5.52 Å². The molecule has 11 heavy (non-hydrogen) atoms. The highest BCUT2D eigenvalue weighted by molar-refractivity contribution is 5.55. The predicted octanol–water partition coefficient (Wildman–Crippen LogP) is 2.56. The summed E-state index contributed by atoms with van der Waals surface area (Å²) < 4.78 is 2.20. The second kappa shape index (κ2) is 2.12. The van der Waals surface area contributed by atoms with Crippen molar-refractivity contribution in [3.63, 3.8) is 0 Å². The second-order valence-corrected chi connectivity index (χ2v) is 2.92. The van der Waals surface area contributed by atoms with Gasteiger partial charge in [0, 0.05) is 17.4 Å². The Labute approximate surface area is 66.3 Å². The van der Waals surface area contributed by atoms with E-state index >= 15 is 0 Å². The third-order valence-corrected chi connectivity index (χ3v) is 2.11. The molecule has 0 saturated carbocycles. The zero-order valence-corrected chi connectivity index (χ0v) is 6.83. The number of rotatable bonds is 0. The molecule has 2 heterocycles. The van der Waals surface area contributed by atoms with Crippen LogP contribution in [0.1, 0.15) is 11.3 Å². The Morgan fingerprint density at radius 3 is 2.64 bits per heavy atom. The highest BCUT2D eigenvalue weighted by atomic mass is 14.9. The Kier molecular flexibility index (Phi) is 1.25. The molecule has 1 nitrogen and oxygen atoms in total. The van der Waals surface area contributed by atoms with Crippen molar-refractivity contribution in [2.24, 2.45) is 0 Å². The molecule has 0 amide bonds. The van der Waals surface area contributed by atoms with Crippen molar-refractivity contribution in [1.29, 1.82) is 0 Å². The topological polar surface area (TPSA) is 4.41 Å². The normalized spacial score (nSPS) is 10.7. The van der Waals surface area contributed by atoms with Crippen LogP contribution in [0.2, 0.25) is 0 Å². The molecule has 0 aliphatic heterocycles. The van der Waals surface area contributed by atoms with Crippen LogP contribution in [-0.4, -0.2) is 4.40 Å². The number of hydrogen-bond donors (Lipinski definition) is 0. The first-order valence-electron chi connectivity index (χ1n) is 3.82. The number of hydrogen-bond acceptors (Lipinski definition) is 0. The van der Waals surface area contributed by atoms with Gasteiger partial charge in [-0.05, 0) is 37.6 Å². The average Bonchev–Trinajstić information content (AvgIpc) is 2.35. The molecule has 56 valence electrons. The highest BCUT2D eigenvalue weighted by Gasteiger charge is 1.96. The molecule has 0 bridgehead atoms. The van der Waals surface area contributed by atoms with Crippen molar-refractivity contribution in [2.75, 3.05) is 0 Å². The van der Waals surface area contributed by atoms with Crippen LogP contribution >= 0.6 is 0 Å². The molecule has 0 saturated heterocycles. The lowest BCUT2D eigenvalue weighted by molar-refractivity contribution is 1.10. The maximum Gasteiger partial charge on any atom is 0.0481 e. The van der Waals surface area contributed by atoms with E-state index in [-0.39, 0.29) is 0 Å². The van der Waals surface area contributed by atoms with E-state index in [1.807, 2.05) is 0 Å². The van der Waals surface area contributed by atoms with E-state index in [1.165, 1.54) is 16.8 Å². The van der Waals surface area contributed by atoms with Gasteiger partial charge >= 0.3 is 0 Å². The van der Waals surface area contributed by atoms with E-state index < -0.39 is 0 Å². The molecule has 2 rings (SSSR count). The maximum atomic E-state index is 2.20. The summed E-state index contributed by atoms with van der Waals surface area (Å²) in [4.78, 5) is 0. The number of aromatic nitrogens is 1. The lowest BCUT2D eigenvalue weighted by Crippen LogP contribution is -1.86. The standard InChI is InChI=1S/C10H11N/c1-8-4-3-7-11-9(2)5-6-10(8)11/h3-7H,1-2H3. The monoisotopic (exact) mass is 145 g/mol. The molecule has 2 aromatic heterocycles. The molecule has 0 atom stereocenters. The summed E-state index contributed by atoms with van der Waals surface area (Å²) in [5, 5.41) is 0. The summed E-state index contributed by atoms with van der Waals surface area (Å²) in [6.07, 6.45) is 2.09. The fraction of sp³-hybridized carbons (Fsp3) is 0.200. The van der Waals surface area contributed by atoms with Gasteiger partial charge in [-0.25, -0.2) is 0 Å². The molecule has 0 unspecified atom stereocenters. The zero-order chi connectivity index (χ0) is 7.84. The highest BCUT2D eigenvalue weighted by Crippen LogP contribution is 2.12. The molecule has 0 radical (unpaired) electrons. The van der Waals surface area contributed by atoms with Gasteiger partial charge in [0.2, 0.25) is 0 Å². The van der Waals surface area contributed by atoms with Gasteiger partial charge < -0.3 is 4.40 Å². The van der Waals surface area contributed by atoms with E-state index in [0.717, 1.165) is 0 Å². The first-order chi connectivity index (χ1) is 5.29. The first-order valence-corrected chi connectivity index (χ1v) is 3.82. The number of pyridine rings is 1. The van der Waals surface area contributed by atoms with E-state index in [4.69, 9.17) is 0 Å². The van der Waals surface area contributed by atoms with Crippen LogP contribution in [0.5, 0.6) is 0 Å². The third kappa shape index (κ3) is 0.845. The Morgan fingerprint density at radius 1 is 1.09 bits per heavy atom. The molecular weight excluding hydrogens is 134 g/mol. The fourth-order valence-corrected chi connectivity index (χ4v) is 1.43. The summed E-state index contributed by atoms with van der Waals surface area (Å²) in [5.74, 6) is 0. The Morgan fingerprint density at radius 2 is 1.91 bits per heavy atom. The van der Waals surface area contributed by atoms with Crippen molar-refractivity contribution in [2.45, 2.75) is 13.8 Å². The Bertz CT molecular complexity index is 385. The molecule has 0 N–H and O–H groups in total. The molecule has 0 aliphatic rings. The summed E-state index contributed by atoms with van der Waals surface area (Å²) in [6.45, 7) is 4.25. The van der Waals surface area contributed by atoms with Gasteiger partial charge in [0.05, 0.1) is 0 Å².